The van der Waals surface area contributed by atoms with E-state index in [1.54, 1.807) is 12.1 Å². The van der Waals surface area contributed by atoms with Gasteiger partial charge in [-0.1, -0.05) is 11.8 Å². The van der Waals surface area contributed by atoms with Crippen molar-refractivity contribution >= 4 is 17.7 Å². The predicted octanol–water partition coefficient (Wildman–Crippen LogP) is 1.84. The second-order valence-electron chi connectivity index (χ2n) is 5.31. The van der Waals surface area contributed by atoms with Crippen LogP contribution in [0.2, 0.25) is 0 Å². The maximum Gasteiger partial charge on any atom is 0.227 e. The standard InChI is InChI=1S/C15H17FN4O2S/c16-11-5-3-10(4-6-11)14-18-19-15(23-9-13(17)21)20(14)8-12-2-1-7-22-12/h3-6,12H,1-2,7-9H2,(H2,17,21)/t12-/m1/s1. The van der Waals surface area contributed by atoms with Crippen LogP contribution in [-0.2, 0) is 16.1 Å². The molecule has 2 heterocycles. The van der Waals surface area contributed by atoms with Gasteiger partial charge in [0.25, 0.3) is 0 Å². The quantitative estimate of drug-likeness (QED) is 0.814. The first-order valence-electron chi connectivity index (χ1n) is 7.35. The van der Waals surface area contributed by atoms with Crippen molar-refractivity contribution in [1.82, 2.24) is 14.8 Å². The maximum atomic E-state index is 13.1. The second-order valence-corrected chi connectivity index (χ2v) is 6.26. The van der Waals surface area contributed by atoms with Gasteiger partial charge in [0.05, 0.1) is 18.4 Å². The van der Waals surface area contributed by atoms with Gasteiger partial charge in [0.2, 0.25) is 5.91 Å². The van der Waals surface area contributed by atoms with E-state index in [0.717, 1.165) is 25.0 Å². The van der Waals surface area contributed by atoms with Crippen LogP contribution >= 0.6 is 11.8 Å². The first-order valence-corrected chi connectivity index (χ1v) is 8.34. The molecule has 3 rings (SSSR count). The first-order chi connectivity index (χ1) is 11.1. The molecule has 0 saturated carbocycles. The molecular weight excluding hydrogens is 319 g/mol. The Balaban J connectivity index is 1.90. The summed E-state index contributed by atoms with van der Waals surface area (Å²) in [5.41, 5.74) is 5.97. The van der Waals surface area contributed by atoms with E-state index in [-0.39, 0.29) is 17.7 Å². The molecule has 1 aliphatic rings. The minimum Gasteiger partial charge on any atom is -0.376 e. The number of rotatable bonds is 6. The molecule has 122 valence electrons. The summed E-state index contributed by atoms with van der Waals surface area (Å²) in [5.74, 6) is 0.0484. The van der Waals surface area contributed by atoms with Crippen LogP contribution in [0.3, 0.4) is 0 Å². The summed E-state index contributed by atoms with van der Waals surface area (Å²) in [7, 11) is 0. The fraction of sp³-hybridized carbons (Fsp3) is 0.400. The Labute approximate surface area is 137 Å². The van der Waals surface area contributed by atoms with Crippen molar-refractivity contribution in [2.24, 2.45) is 5.73 Å². The van der Waals surface area contributed by atoms with Crippen LogP contribution in [0.4, 0.5) is 4.39 Å². The number of carbonyl (C=O) groups excluding carboxylic acids is 1. The predicted molar refractivity (Wildman–Crippen MR) is 84.3 cm³/mol. The molecule has 0 unspecified atom stereocenters. The Morgan fingerprint density at radius 3 is 2.83 bits per heavy atom. The largest absolute Gasteiger partial charge is 0.376 e. The molecule has 2 N–H and O–H groups in total. The van der Waals surface area contributed by atoms with Crippen molar-refractivity contribution in [2.45, 2.75) is 30.6 Å². The van der Waals surface area contributed by atoms with Gasteiger partial charge >= 0.3 is 0 Å². The lowest BCUT2D eigenvalue weighted by atomic mass is 10.2. The van der Waals surface area contributed by atoms with Crippen molar-refractivity contribution < 1.29 is 13.9 Å². The number of carbonyl (C=O) groups is 1. The Kier molecular flexibility index (Phi) is 4.92. The molecule has 0 aliphatic carbocycles. The number of hydrogen-bond donors (Lipinski definition) is 1. The van der Waals surface area contributed by atoms with E-state index in [1.165, 1.54) is 23.9 Å². The highest BCUT2D eigenvalue weighted by molar-refractivity contribution is 7.99. The Hall–Kier alpha value is -1.93. The molecule has 1 atom stereocenters. The zero-order chi connectivity index (χ0) is 16.2. The number of nitrogens with two attached hydrogens (primary N) is 1. The lowest BCUT2D eigenvalue weighted by molar-refractivity contribution is -0.115. The molecule has 1 aromatic heterocycles. The lowest BCUT2D eigenvalue weighted by Gasteiger charge is -2.14. The lowest BCUT2D eigenvalue weighted by Crippen LogP contribution is -2.18. The van der Waals surface area contributed by atoms with Crippen molar-refractivity contribution in [3.63, 3.8) is 0 Å². The number of amides is 1. The molecule has 0 bridgehead atoms. The summed E-state index contributed by atoms with van der Waals surface area (Å²) in [6.07, 6.45) is 2.10. The average molecular weight is 336 g/mol. The van der Waals surface area contributed by atoms with Crippen LogP contribution in [-0.4, -0.2) is 39.1 Å². The summed E-state index contributed by atoms with van der Waals surface area (Å²) in [4.78, 5) is 11.0. The highest BCUT2D eigenvalue weighted by Gasteiger charge is 2.22. The molecule has 1 fully saturated rings. The molecule has 1 amide bonds. The van der Waals surface area contributed by atoms with E-state index in [9.17, 15) is 9.18 Å². The van der Waals surface area contributed by atoms with Crippen molar-refractivity contribution in [1.29, 1.82) is 0 Å². The Bertz CT molecular complexity index is 683. The summed E-state index contributed by atoms with van der Waals surface area (Å²) < 4.78 is 20.7. The van der Waals surface area contributed by atoms with Crippen molar-refractivity contribution in [3.8, 4) is 11.4 Å². The normalized spacial score (nSPS) is 17.5. The summed E-state index contributed by atoms with van der Waals surface area (Å²) in [6.45, 7) is 1.35. The highest BCUT2D eigenvalue weighted by atomic mass is 32.2. The van der Waals surface area contributed by atoms with Gasteiger partial charge in [-0.2, -0.15) is 0 Å². The van der Waals surface area contributed by atoms with E-state index in [4.69, 9.17) is 10.5 Å². The maximum absolute atomic E-state index is 13.1. The molecule has 23 heavy (non-hydrogen) atoms. The third kappa shape index (κ3) is 3.89. The van der Waals surface area contributed by atoms with Crippen LogP contribution < -0.4 is 5.73 Å². The Morgan fingerprint density at radius 1 is 1.39 bits per heavy atom. The third-order valence-electron chi connectivity index (χ3n) is 3.57. The minimum atomic E-state index is -0.412. The van der Waals surface area contributed by atoms with Gasteiger partial charge in [-0.3, -0.25) is 9.36 Å². The van der Waals surface area contributed by atoms with Gasteiger partial charge in [0.15, 0.2) is 11.0 Å². The SMILES string of the molecule is NC(=O)CSc1nnc(-c2ccc(F)cc2)n1C[C@H]1CCCO1. The van der Waals surface area contributed by atoms with Crippen LogP contribution in [0, 0.1) is 5.82 Å². The molecular formula is C15H17FN4O2S. The Morgan fingerprint density at radius 2 is 2.17 bits per heavy atom. The van der Waals surface area contributed by atoms with Gasteiger partial charge in [0, 0.05) is 12.2 Å². The smallest absolute Gasteiger partial charge is 0.227 e. The number of primary amides is 1. The molecule has 1 aromatic carbocycles. The molecule has 6 nitrogen and oxygen atoms in total. The zero-order valence-electron chi connectivity index (χ0n) is 12.4. The first kappa shape index (κ1) is 15.9. The van der Waals surface area contributed by atoms with Crippen LogP contribution in [0.5, 0.6) is 0 Å². The van der Waals surface area contributed by atoms with E-state index in [1.807, 2.05) is 4.57 Å². The zero-order valence-corrected chi connectivity index (χ0v) is 13.3. The number of benzene rings is 1. The monoisotopic (exact) mass is 336 g/mol. The van der Waals surface area contributed by atoms with Gasteiger partial charge in [-0.25, -0.2) is 4.39 Å². The fourth-order valence-electron chi connectivity index (χ4n) is 2.50. The van der Waals surface area contributed by atoms with E-state index >= 15 is 0 Å². The molecule has 0 spiro atoms. The number of aromatic nitrogens is 3. The topological polar surface area (TPSA) is 83.0 Å². The van der Waals surface area contributed by atoms with Crippen LogP contribution in [0.1, 0.15) is 12.8 Å². The molecule has 1 saturated heterocycles. The molecule has 2 aromatic rings. The van der Waals surface area contributed by atoms with Gasteiger partial charge in [-0.05, 0) is 37.1 Å². The summed E-state index contributed by atoms with van der Waals surface area (Å²) in [5, 5.41) is 8.96. The number of thioether (sulfide) groups is 1. The number of ether oxygens (including phenoxy) is 1. The van der Waals surface area contributed by atoms with E-state index < -0.39 is 5.91 Å². The molecule has 1 aliphatic heterocycles. The number of nitrogens with zero attached hydrogens (tertiary/aromatic N) is 3. The summed E-state index contributed by atoms with van der Waals surface area (Å²) >= 11 is 1.24. The summed E-state index contributed by atoms with van der Waals surface area (Å²) in [6, 6.07) is 6.09. The third-order valence-corrected chi connectivity index (χ3v) is 4.56. The number of halogens is 1. The highest BCUT2D eigenvalue weighted by Crippen LogP contribution is 2.26. The number of hydrogen-bond acceptors (Lipinski definition) is 5. The second kappa shape index (κ2) is 7.10. The van der Waals surface area contributed by atoms with Gasteiger partial charge in [-0.15, -0.1) is 10.2 Å². The molecule has 0 radical (unpaired) electrons. The average Bonchev–Trinajstić information content (AvgIpc) is 3.17. The van der Waals surface area contributed by atoms with E-state index in [0.29, 0.717) is 17.5 Å². The van der Waals surface area contributed by atoms with Crippen LogP contribution in [0.15, 0.2) is 29.4 Å². The molecule has 8 heteroatoms. The van der Waals surface area contributed by atoms with E-state index in [2.05, 4.69) is 10.2 Å². The van der Waals surface area contributed by atoms with Crippen molar-refractivity contribution in [3.05, 3.63) is 30.1 Å². The van der Waals surface area contributed by atoms with Gasteiger partial charge < -0.3 is 10.5 Å². The van der Waals surface area contributed by atoms with Gasteiger partial charge in [0.1, 0.15) is 5.82 Å². The van der Waals surface area contributed by atoms with Crippen LogP contribution in [0.25, 0.3) is 11.4 Å². The fourth-order valence-corrected chi connectivity index (χ4v) is 3.19. The minimum absolute atomic E-state index is 0.0955. The van der Waals surface area contributed by atoms with Crippen molar-refractivity contribution in [2.75, 3.05) is 12.4 Å².